The highest BCUT2D eigenvalue weighted by Gasteiger charge is 2.31. The predicted molar refractivity (Wildman–Crippen MR) is 229 cm³/mol. The monoisotopic (exact) mass is 718 g/mol. The predicted octanol–water partition coefficient (Wildman–Crippen LogP) is 8.71. The van der Waals surface area contributed by atoms with Gasteiger partial charge in [0.1, 0.15) is 0 Å². The second-order valence-electron chi connectivity index (χ2n) is 14.7. The lowest BCUT2D eigenvalue weighted by atomic mass is 9.89. The Morgan fingerprint density at radius 3 is 1.13 bits per heavy atom. The first kappa shape index (κ1) is 36.5. The van der Waals surface area contributed by atoms with Crippen LogP contribution in [0, 0.1) is 27.7 Å². The number of aryl methyl sites for hydroxylation is 4. The highest BCUT2D eigenvalue weighted by molar-refractivity contribution is 7.80. The van der Waals surface area contributed by atoms with Crippen molar-refractivity contribution in [1.82, 2.24) is 4.90 Å². The third kappa shape index (κ3) is 8.49. The zero-order valence-corrected chi connectivity index (χ0v) is 33.0. The number of nitrogens with two attached hydrogens (primary N) is 1. The van der Waals surface area contributed by atoms with Crippen LogP contribution in [0.5, 0.6) is 0 Å². The molecule has 1 aliphatic rings. The summed E-state index contributed by atoms with van der Waals surface area (Å²) in [5, 5.41) is 8.45. The summed E-state index contributed by atoms with van der Waals surface area (Å²) in [7, 11) is -1.49. The molecule has 2 atom stereocenters. The first-order valence-electron chi connectivity index (χ1n) is 18.9. The van der Waals surface area contributed by atoms with Crippen LogP contribution in [0.2, 0.25) is 0 Å². The molecule has 7 rings (SSSR count). The largest absolute Gasteiger partial charge is 0.326 e. The van der Waals surface area contributed by atoms with Crippen molar-refractivity contribution in [3.8, 4) is 0 Å². The first-order valence-corrected chi connectivity index (χ1v) is 21.5. The molecular formula is C48H52N2P2. The SMILES string of the molecule is Cc1ccc(P(c2ccc(C)cc2)c2ccccc2CN(Cc2ccccc2P(c2ccc(C)cc2)c2ccc(C)cc2)C2CCCCC2N)cc1. The number of nitrogens with zero attached hydrogens (tertiary/aromatic N) is 1. The van der Waals surface area contributed by atoms with E-state index in [2.05, 4.69) is 178 Å². The highest BCUT2D eigenvalue weighted by Crippen LogP contribution is 2.37. The van der Waals surface area contributed by atoms with Crippen LogP contribution in [0.4, 0.5) is 0 Å². The quantitative estimate of drug-likeness (QED) is 0.136. The Morgan fingerprint density at radius 2 is 0.788 bits per heavy atom. The Bertz CT molecular complexity index is 1820. The van der Waals surface area contributed by atoms with Crippen molar-refractivity contribution in [2.24, 2.45) is 5.73 Å². The normalized spacial score (nSPS) is 16.2. The molecule has 2 nitrogen and oxygen atoms in total. The fourth-order valence-electron chi connectivity index (χ4n) is 7.68. The molecule has 0 heterocycles. The second-order valence-corrected chi connectivity index (χ2v) is 19.1. The van der Waals surface area contributed by atoms with Gasteiger partial charge in [-0.05, 0) is 99.3 Å². The summed E-state index contributed by atoms with van der Waals surface area (Å²) in [6, 6.07) is 55.9. The lowest BCUT2D eigenvalue weighted by molar-refractivity contribution is 0.122. The summed E-state index contributed by atoms with van der Waals surface area (Å²) in [5.74, 6) is 0. The van der Waals surface area contributed by atoms with Crippen LogP contribution in [0.3, 0.4) is 0 Å². The molecule has 2 N–H and O–H groups in total. The number of hydrogen-bond acceptors (Lipinski definition) is 2. The minimum atomic E-state index is -0.747. The molecule has 0 aliphatic heterocycles. The van der Waals surface area contributed by atoms with Crippen molar-refractivity contribution < 1.29 is 0 Å². The Kier molecular flexibility index (Phi) is 11.8. The van der Waals surface area contributed by atoms with Crippen LogP contribution < -0.4 is 37.6 Å². The molecule has 0 aromatic heterocycles. The molecule has 0 spiro atoms. The van der Waals surface area contributed by atoms with E-state index in [9.17, 15) is 0 Å². The van der Waals surface area contributed by atoms with E-state index in [1.54, 1.807) is 0 Å². The summed E-state index contributed by atoms with van der Waals surface area (Å²) in [6.45, 7) is 10.5. The van der Waals surface area contributed by atoms with Gasteiger partial charge in [-0.25, -0.2) is 0 Å². The molecule has 0 radical (unpaired) electrons. The van der Waals surface area contributed by atoms with E-state index in [0.717, 1.165) is 25.9 Å². The van der Waals surface area contributed by atoms with Crippen molar-refractivity contribution >= 4 is 47.7 Å². The molecule has 264 valence electrons. The maximum Gasteiger partial charge on any atom is 0.0254 e. The van der Waals surface area contributed by atoms with Gasteiger partial charge >= 0.3 is 0 Å². The van der Waals surface area contributed by atoms with E-state index in [-0.39, 0.29) is 6.04 Å². The van der Waals surface area contributed by atoms with Gasteiger partial charge in [0.05, 0.1) is 0 Å². The summed E-state index contributed by atoms with van der Waals surface area (Å²) in [4.78, 5) is 2.75. The van der Waals surface area contributed by atoms with E-state index in [0.29, 0.717) is 6.04 Å². The van der Waals surface area contributed by atoms with E-state index in [1.807, 2.05) is 0 Å². The van der Waals surface area contributed by atoms with Crippen LogP contribution >= 0.6 is 15.8 Å². The van der Waals surface area contributed by atoms with Crippen LogP contribution in [0.1, 0.15) is 59.1 Å². The summed E-state index contributed by atoms with van der Waals surface area (Å²) >= 11 is 0. The van der Waals surface area contributed by atoms with Gasteiger partial charge in [0.25, 0.3) is 0 Å². The van der Waals surface area contributed by atoms with Gasteiger partial charge in [0.2, 0.25) is 0 Å². The third-order valence-electron chi connectivity index (χ3n) is 10.6. The molecule has 2 unspecified atom stereocenters. The summed E-state index contributed by atoms with van der Waals surface area (Å²) in [6.07, 6.45) is 4.68. The third-order valence-corrected chi connectivity index (χ3v) is 15.7. The smallest absolute Gasteiger partial charge is 0.0254 e. The molecule has 0 saturated heterocycles. The maximum absolute atomic E-state index is 7.07. The Hall–Kier alpha value is -3.90. The molecule has 6 aromatic rings. The highest BCUT2D eigenvalue weighted by atomic mass is 31.1. The van der Waals surface area contributed by atoms with Gasteiger partial charge in [-0.15, -0.1) is 0 Å². The zero-order valence-electron chi connectivity index (χ0n) is 31.2. The van der Waals surface area contributed by atoms with Crippen LogP contribution in [-0.2, 0) is 13.1 Å². The van der Waals surface area contributed by atoms with Gasteiger partial charge in [0.15, 0.2) is 0 Å². The fraction of sp³-hybridized carbons (Fsp3) is 0.250. The molecule has 52 heavy (non-hydrogen) atoms. The lowest BCUT2D eigenvalue weighted by Crippen LogP contribution is -2.49. The Labute approximate surface area is 314 Å². The molecule has 1 fully saturated rings. The molecule has 1 aliphatic carbocycles. The van der Waals surface area contributed by atoms with Crippen LogP contribution in [0.15, 0.2) is 146 Å². The average molecular weight is 719 g/mol. The standard InChI is InChI=1S/C48H52N2P2/c1-35-17-25-41(26-18-35)51(42-27-19-36(2)20-28-42)47-15-9-5-11-39(47)33-50(46-14-8-7-13-45(46)49)34-40-12-6-10-16-48(40)52(43-29-21-37(3)22-30-43)44-31-23-38(4)24-32-44/h5-6,9-12,15-32,45-46H,7-8,13-14,33-34,49H2,1-4H3. The molecule has 4 heteroatoms. The zero-order chi connectivity index (χ0) is 36.0. The van der Waals surface area contributed by atoms with Gasteiger partial charge in [-0.3, -0.25) is 4.90 Å². The molecule has 0 bridgehead atoms. The van der Waals surface area contributed by atoms with Crippen molar-refractivity contribution in [2.75, 3.05) is 0 Å². The Balaban J connectivity index is 1.31. The minimum absolute atomic E-state index is 0.166. The van der Waals surface area contributed by atoms with Gasteiger partial charge < -0.3 is 5.73 Å². The fourth-order valence-corrected chi connectivity index (χ4v) is 12.5. The van der Waals surface area contributed by atoms with Gasteiger partial charge in [0, 0.05) is 25.2 Å². The van der Waals surface area contributed by atoms with E-state index in [1.165, 1.54) is 78.0 Å². The van der Waals surface area contributed by atoms with E-state index < -0.39 is 15.8 Å². The summed E-state index contributed by atoms with van der Waals surface area (Å²) in [5.41, 5.74) is 15.1. The van der Waals surface area contributed by atoms with Crippen molar-refractivity contribution in [3.05, 3.63) is 179 Å². The maximum atomic E-state index is 7.07. The lowest BCUT2D eigenvalue weighted by Gasteiger charge is -2.39. The molecule has 0 amide bonds. The minimum Gasteiger partial charge on any atom is -0.326 e. The average Bonchev–Trinajstić information content (AvgIpc) is 3.16. The van der Waals surface area contributed by atoms with Crippen molar-refractivity contribution in [2.45, 2.75) is 78.6 Å². The summed E-state index contributed by atoms with van der Waals surface area (Å²) < 4.78 is 0. The molecule has 1 saturated carbocycles. The van der Waals surface area contributed by atoms with Crippen molar-refractivity contribution in [1.29, 1.82) is 0 Å². The molecule has 6 aromatic carbocycles. The van der Waals surface area contributed by atoms with Crippen molar-refractivity contribution in [3.63, 3.8) is 0 Å². The molecular weight excluding hydrogens is 666 g/mol. The number of hydrogen-bond donors (Lipinski definition) is 1. The van der Waals surface area contributed by atoms with E-state index in [4.69, 9.17) is 5.73 Å². The topological polar surface area (TPSA) is 29.3 Å². The second kappa shape index (κ2) is 16.8. The van der Waals surface area contributed by atoms with E-state index >= 15 is 0 Å². The number of rotatable bonds is 11. The Morgan fingerprint density at radius 1 is 0.462 bits per heavy atom. The van der Waals surface area contributed by atoms with Gasteiger partial charge in [-0.1, -0.05) is 181 Å². The first-order chi connectivity index (χ1) is 25.3. The number of benzene rings is 6. The van der Waals surface area contributed by atoms with Gasteiger partial charge in [-0.2, -0.15) is 0 Å². The van der Waals surface area contributed by atoms with Crippen LogP contribution in [0.25, 0.3) is 0 Å². The van der Waals surface area contributed by atoms with Crippen LogP contribution in [-0.4, -0.2) is 17.0 Å².